The van der Waals surface area contributed by atoms with Crippen LogP contribution in [0.4, 0.5) is 0 Å². The second-order valence-corrected chi connectivity index (χ2v) is 5.95. The molecule has 2 unspecified atom stereocenters. The first-order valence-electron chi connectivity index (χ1n) is 4.65. The van der Waals surface area contributed by atoms with Crippen molar-refractivity contribution in [3.05, 3.63) is 21.3 Å². The molecule has 14 heavy (non-hydrogen) atoms. The Morgan fingerprint density at radius 3 is 2.86 bits per heavy atom. The molecule has 0 aliphatic carbocycles. The molecule has 0 radical (unpaired) electrons. The Kier molecular flexibility index (Phi) is 3.08. The van der Waals surface area contributed by atoms with Crippen molar-refractivity contribution < 1.29 is 4.74 Å². The summed E-state index contributed by atoms with van der Waals surface area (Å²) in [5.74, 6) is 0. The van der Waals surface area contributed by atoms with Crippen LogP contribution in [0.15, 0.2) is 12.1 Å². The van der Waals surface area contributed by atoms with Crippen LogP contribution in [0.2, 0.25) is 4.34 Å². The molecule has 1 nitrogen and oxygen atoms in total. The minimum absolute atomic E-state index is 0.0810. The molecule has 0 aromatic carbocycles. The highest BCUT2D eigenvalue weighted by Crippen LogP contribution is 2.44. The van der Waals surface area contributed by atoms with Gasteiger partial charge in [0, 0.05) is 11.5 Å². The molecular formula is C10H12Cl2OS. The van der Waals surface area contributed by atoms with Gasteiger partial charge in [0.2, 0.25) is 0 Å². The van der Waals surface area contributed by atoms with Gasteiger partial charge < -0.3 is 4.74 Å². The van der Waals surface area contributed by atoms with Gasteiger partial charge in [-0.05, 0) is 31.9 Å². The van der Waals surface area contributed by atoms with Crippen molar-refractivity contribution in [2.75, 3.05) is 6.61 Å². The molecular weight excluding hydrogens is 239 g/mol. The molecule has 0 spiro atoms. The third kappa shape index (κ3) is 1.94. The van der Waals surface area contributed by atoms with Gasteiger partial charge in [-0.1, -0.05) is 11.6 Å². The van der Waals surface area contributed by atoms with E-state index in [4.69, 9.17) is 27.9 Å². The molecule has 0 N–H and O–H groups in total. The second kappa shape index (κ2) is 4.01. The molecule has 1 aromatic heterocycles. The average Bonchev–Trinajstić information content (AvgIpc) is 2.74. The molecule has 0 amide bonds. The molecule has 1 fully saturated rings. The smallest absolute Gasteiger partial charge is 0.0965 e. The zero-order valence-electron chi connectivity index (χ0n) is 7.93. The summed E-state index contributed by atoms with van der Waals surface area (Å²) in [5.41, 5.74) is -0.213. The molecule has 2 heterocycles. The summed E-state index contributed by atoms with van der Waals surface area (Å²) in [6.45, 7) is 2.89. The lowest BCUT2D eigenvalue weighted by Crippen LogP contribution is -2.28. The van der Waals surface area contributed by atoms with Crippen LogP contribution in [0.3, 0.4) is 0 Å². The van der Waals surface area contributed by atoms with Gasteiger partial charge in [-0.15, -0.1) is 22.9 Å². The Balaban J connectivity index is 2.18. The minimum atomic E-state index is -0.213. The molecule has 1 saturated heterocycles. The van der Waals surface area contributed by atoms with Crippen LogP contribution in [0.25, 0.3) is 0 Å². The molecule has 4 heteroatoms. The summed E-state index contributed by atoms with van der Waals surface area (Å²) in [6, 6.07) is 3.87. The Morgan fingerprint density at radius 2 is 2.36 bits per heavy atom. The van der Waals surface area contributed by atoms with Crippen LogP contribution < -0.4 is 0 Å². The zero-order valence-corrected chi connectivity index (χ0v) is 10.3. The minimum Gasteiger partial charge on any atom is -0.373 e. The normalized spacial score (nSPS) is 29.4. The van der Waals surface area contributed by atoms with E-state index < -0.39 is 0 Å². The van der Waals surface area contributed by atoms with Gasteiger partial charge in [-0.2, -0.15) is 0 Å². The first-order valence-corrected chi connectivity index (χ1v) is 6.28. The average molecular weight is 251 g/mol. The monoisotopic (exact) mass is 250 g/mol. The zero-order chi connectivity index (χ0) is 10.2. The van der Waals surface area contributed by atoms with Crippen molar-refractivity contribution in [3.63, 3.8) is 0 Å². The maximum Gasteiger partial charge on any atom is 0.0965 e. The van der Waals surface area contributed by atoms with E-state index in [0.29, 0.717) is 0 Å². The summed E-state index contributed by atoms with van der Waals surface area (Å²) < 4.78 is 6.48. The van der Waals surface area contributed by atoms with Crippen LogP contribution in [-0.2, 0) is 4.74 Å². The highest BCUT2D eigenvalue weighted by Gasteiger charge is 2.38. The maximum atomic E-state index is 6.39. The van der Waals surface area contributed by atoms with E-state index in [1.807, 2.05) is 12.1 Å². The Hall–Kier alpha value is 0.240. The van der Waals surface area contributed by atoms with Crippen LogP contribution in [-0.4, -0.2) is 12.2 Å². The van der Waals surface area contributed by atoms with Crippen molar-refractivity contribution in [3.8, 4) is 0 Å². The van der Waals surface area contributed by atoms with Crippen LogP contribution in [0.5, 0.6) is 0 Å². The topological polar surface area (TPSA) is 9.23 Å². The van der Waals surface area contributed by atoms with Gasteiger partial charge in [0.05, 0.1) is 15.3 Å². The fourth-order valence-electron chi connectivity index (χ4n) is 1.77. The number of thiophene rings is 1. The van der Waals surface area contributed by atoms with Crippen molar-refractivity contribution in [1.29, 1.82) is 0 Å². The largest absolute Gasteiger partial charge is 0.373 e. The fraction of sp³-hybridized carbons (Fsp3) is 0.600. The van der Waals surface area contributed by atoms with Crippen LogP contribution in [0, 0.1) is 0 Å². The molecule has 0 bridgehead atoms. The fourth-order valence-corrected chi connectivity index (χ4v) is 3.32. The van der Waals surface area contributed by atoms with Crippen LogP contribution >= 0.6 is 34.5 Å². The Labute approximate surface area is 98.0 Å². The number of halogens is 2. The highest BCUT2D eigenvalue weighted by molar-refractivity contribution is 7.16. The molecule has 1 aromatic rings. The standard InChI is InChI=1S/C10H12Cl2OS/c1-10(5-2-6-13-10)9(12)7-3-4-8(11)14-7/h3-4,9H,2,5-6H2,1H3. The molecule has 1 aliphatic rings. The van der Waals surface area contributed by atoms with E-state index in [2.05, 4.69) is 6.92 Å². The second-order valence-electron chi connectivity index (χ2n) is 3.77. The number of hydrogen-bond donors (Lipinski definition) is 0. The predicted molar refractivity (Wildman–Crippen MR) is 61.5 cm³/mol. The molecule has 78 valence electrons. The number of hydrogen-bond acceptors (Lipinski definition) is 2. The Morgan fingerprint density at radius 1 is 1.57 bits per heavy atom. The summed E-state index contributed by atoms with van der Waals surface area (Å²) in [6.07, 6.45) is 2.12. The first-order chi connectivity index (χ1) is 6.62. The van der Waals surface area contributed by atoms with Gasteiger partial charge in [0.1, 0.15) is 0 Å². The lowest BCUT2D eigenvalue weighted by Gasteiger charge is -2.27. The van der Waals surface area contributed by atoms with E-state index in [-0.39, 0.29) is 11.0 Å². The number of rotatable bonds is 2. The quantitative estimate of drug-likeness (QED) is 0.714. The van der Waals surface area contributed by atoms with Crippen molar-refractivity contribution >= 4 is 34.5 Å². The third-order valence-electron chi connectivity index (χ3n) is 2.63. The molecule has 0 saturated carbocycles. The maximum absolute atomic E-state index is 6.39. The lowest BCUT2D eigenvalue weighted by molar-refractivity contribution is 0.0171. The highest BCUT2D eigenvalue weighted by atomic mass is 35.5. The number of ether oxygens (including phenoxy) is 1. The SMILES string of the molecule is CC1(C(Cl)c2ccc(Cl)s2)CCCO1. The third-order valence-corrected chi connectivity index (χ3v) is 4.75. The molecule has 2 rings (SSSR count). The molecule has 2 atom stereocenters. The van der Waals surface area contributed by atoms with Crippen molar-refractivity contribution in [1.82, 2.24) is 0 Å². The van der Waals surface area contributed by atoms with Gasteiger partial charge >= 0.3 is 0 Å². The van der Waals surface area contributed by atoms with E-state index in [1.165, 1.54) is 11.3 Å². The summed E-state index contributed by atoms with van der Waals surface area (Å²) in [7, 11) is 0. The summed E-state index contributed by atoms with van der Waals surface area (Å²) in [5, 5.41) is -0.0810. The van der Waals surface area contributed by atoms with Crippen LogP contribution in [0.1, 0.15) is 30.0 Å². The predicted octanol–water partition coefficient (Wildman–Crippen LogP) is 4.25. The van der Waals surface area contributed by atoms with E-state index in [0.717, 1.165) is 28.7 Å². The van der Waals surface area contributed by atoms with Crippen molar-refractivity contribution in [2.45, 2.75) is 30.7 Å². The number of alkyl halides is 1. The van der Waals surface area contributed by atoms with E-state index in [1.54, 1.807) is 0 Å². The lowest BCUT2D eigenvalue weighted by atomic mass is 9.97. The Bertz CT molecular complexity index is 318. The van der Waals surface area contributed by atoms with Crippen molar-refractivity contribution in [2.24, 2.45) is 0 Å². The van der Waals surface area contributed by atoms with E-state index in [9.17, 15) is 0 Å². The van der Waals surface area contributed by atoms with Gasteiger partial charge in [0.15, 0.2) is 0 Å². The molecule has 1 aliphatic heterocycles. The van der Waals surface area contributed by atoms with E-state index >= 15 is 0 Å². The first kappa shape index (κ1) is 10.7. The van der Waals surface area contributed by atoms with Gasteiger partial charge in [-0.25, -0.2) is 0 Å². The van der Waals surface area contributed by atoms with Gasteiger partial charge in [-0.3, -0.25) is 0 Å². The summed E-state index contributed by atoms with van der Waals surface area (Å²) in [4.78, 5) is 1.10. The van der Waals surface area contributed by atoms with Gasteiger partial charge in [0.25, 0.3) is 0 Å². The summed E-state index contributed by atoms with van der Waals surface area (Å²) >= 11 is 13.8.